The van der Waals surface area contributed by atoms with Gasteiger partial charge >= 0.3 is 5.97 Å². The Morgan fingerprint density at radius 2 is 1.43 bits per heavy atom. The minimum absolute atomic E-state index is 0.0222. The molecule has 0 saturated heterocycles. The van der Waals surface area contributed by atoms with Crippen LogP contribution in [0.25, 0.3) is 0 Å². The van der Waals surface area contributed by atoms with Gasteiger partial charge in [-0.1, -0.05) is 13.8 Å². The summed E-state index contributed by atoms with van der Waals surface area (Å²) >= 11 is 4.13. The summed E-state index contributed by atoms with van der Waals surface area (Å²) in [5, 5.41) is 17.1. The summed E-state index contributed by atoms with van der Waals surface area (Å²) in [4.78, 5) is 53.4. The van der Waals surface area contributed by atoms with E-state index in [-0.39, 0.29) is 37.0 Å². The fraction of sp³-hybridized carbons (Fsp3) is 0.762. The number of rotatable bonds is 18. The molecule has 202 valence electrons. The average molecular weight is 519 g/mol. The number of carboxylic acid groups (broad SMARTS) is 1. The molecule has 0 aromatic rings. The van der Waals surface area contributed by atoms with Crippen LogP contribution >= 0.6 is 12.6 Å². The summed E-state index contributed by atoms with van der Waals surface area (Å²) in [6, 6.07) is -4.04. The first kappa shape index (κ1) is 32.4. The predicted octanol–water partition coefficient (Wildman–Crippen LogP) is -1.99. The summed E-state index contributed by atoms with van der Waals surface area (Å²) in [6.45, 7) is 4.45. The van der Waals surface area contributed by atoms with Gasteiger partial charge in [0.15, 0.2) is 5.96 Å². The third-order valence-corrected chi connectivity index (χ3v) is 5.38. The molecule has 0 aliphatic heterocycles. The average Bonchev–Trinajstić information content (AvgIpc) is 2.77. The number of hydrogen-bond acceptors (Lipinski definition) is 8. The van der Waals surface area contributed by atoms with Gasteiger partial charge in [0, 0.05) is 12.3 Å². The van der Waals surface area contributed by atoms with Gasteiger partial charge in [0.05, 0.1) is 6.04 Å². The van der Waals surface area contributed by atoms with Gasteiger partial charge in [0.25, 0.3) is 0 Å². The summed E-state index contributed by atoms with van der Waals surface area (Å²) in [5.74, 6) is -2.96. The van der Waals surface area contributed by atoms with E-state index in [1.807, 2.05) is 13.8 Å². The van der Waals surface area contributed by atoms with Gasteiger partial charge in [0.2, 0.25) is 17.7 Å². The third kappa shape index (κ3) is 14.4. The van der Waals surface area contributed by atoms with E-state index in [0.717, 1.165) is 0 Å². The van der Waals surface area contributed by atoms with E-state index in [0.29, 0.717) is 32.2 Å². The molecule has 0 aliphatic carbocycles. The summed E-state index contributed by atoms with van der Waals surface area (Å²) in [7, 11) is 0. The van der Waals surface area contributed by atoms with Crippen LogP contribution in [0.5, 0.6) is 0 Å². The third-order valence-electron chi connectivity index (χ3n) is 5.02. The molecule has 35 heavy (non-hydrogen) atoms. The molecule has 0 aromatic heterocycles. The molecule has 0 aromatic carbocycles. The van der Waals surface area contributed by atoms with Gasteiger partial charge in [-0.3, -0.25) is 19.4 Å². The minimum Gasteiger partial charge on any atom is -0.480 e. The normalized spacial score (nSPS) is 14.3. The van der Waals surface area contributed by atoms with Crippen molar-refractivity contribution >= 4 is 42.3 Å². The number of guanidine groups is 1. The van der Waals surface area contributed by atoms with E-state index in [4.69, 9.17) is 22.9 Å². The van der Waals surface area contributed by atoms with Crippen molar-refractivity contribution in [3.05, 3.63) is 0 Å². The number of aliphatic imine (C=N–C) groups is 1. The molecule has 0 heterocycles. The topological polar surface area (TPSA) is 241 Å². The smallest absolute Gasteiger partial charge is 0.326 e. The molecule has 0 saturated carbocycles. The maximum absolute atomic E-state index is 12.9. The highest BCUT2D eigenvalue weighted by Crippen LogP contribution is 2.06. The second-order valence-corrected chi connectivity index (χ2v) is 9.04. The molecule has 13 nitrogen and oxygen atoms in total. The zero-order valence-electron chi connectivity index (χ0n) is 20.5. The summed E-state index contributed by atoms with van der Waals surface area (Å²) in [5.41, 5.74) is 21.9. The maximum atomic E-state index is 12.9. The molecule has 0 bridgehead atoms. The highest BCUT2D eigenvalue weighted by atomic mass is 32.1. The minimum atomic E-state index is -1.23. The van der Waals surface area contributed by atoms with Gasteiger partial charge in [-0.2, -0.15) is 12.6 Å². The van der Waals surface area contributed by atoms with Crippen molar-refractivity contribution in [3.63, 3.8) is 0 Å². The standard InChI is InChI=1S/C21H42N8O5S/c1-12(2)10-13(23)17(30)29-16(11-35)19(32)27-14(6-3-4-8-22)18(31)28-15(20(33)34)7-5-9-26-21(24)25/h12-16,35H,3-11,22-23H2,1-2H3,(H,27,32)(H,28,31)(H,29,30)(H,33,34)(H4,24,25,26). The molecular weight excluding hydrogens is 476 g/mol. The van der Waals surface area contributed by atoms with Crippen molar-refractivity contribution in [2.75, 3.05) is 18.8 Å². The Balaban J connectivity index is 5.26. The molecule has 0 radical (unpaired) electrons. The molecule has 4 unspecified atom stereocenters. The molecule has 14 heteroatoms. The van der Waals surface area contributed by atoms with Crippen LogP contribution in [-0.2, 0) is 19.2 Å². The van der Waals surface area contributed by atoms with Gasteiger partial charge in [-0.25, -0.2) is 4.79 Å². The zero-order chi connectivity index (χ0) is 27.0. The van der Waals surface area contributed by atoms with Gasteiger partial charge < -0.3 is 44.0 Å². The first-order chi connectivity index (χ1) is 16.4. The van der Waals surface area contributed by atoms with Crippen molar-refractivity contribution in [2.45, 2.75) is 76.5 Å². The van der Waals surface area contributed by atoms with Gasteiger partial charge in [-0.05, 0) is 51.0 Å². The second-order valence-electron chi connectivity index (χ2n) is 8.67. The van der Waals surface area contributed by atoms with Crippen molar-refractivity contribution in [3.8, 4) is 0 Å². The predicted molar refractivity (Wildman–Crippen MR) is 138 cm³/mol. The fourth-order valence-corrected chi connectivity index (χ4v) is 3.41. The Hall–Kier alpha value is -2.58. The van der Waals surface area contributed by atoms with Crippen LogP contribution in [0.1, 0.15) is 52.4 Å². The number of nitrogens with zero attached hydrogens (tertiary/aromatic N) is 1. The fourth-order valence-electron chi connectivity index (χ4n) is 3.15. The molecule has 0 spiro atoms. The van der Waals surface area contributed by atoms with Crippen LogP contribution in [0.15, 0.2) is 4.99 Å². The number of carbonyl (C=O) groups is 4. The summed E-state index contributed by atoms with van der Waals surface area (Å²) < 4.78 is 0. The van der Waals surface area contributed by atoms with E-state index in [9.17, 15) is 24.3 Å². The number of unbranched alkanes of at least 4 members (excludes halogenated alkanes) is 1. The van der Waals surface area contributed by atoms with Crippen LogP contribution in [0, 0.1) is 5.92 Å². The number of amides is 3. The molecule has 0 aliphatic rings. The van der Waals surface area contributed by atoms with Crippen molar-refractivity contribution < 1.29 is 24.3 Å². The zero-order valence-corrected chi connectivity index (χ0v) is 21.4. The lowest BCUT2D eigenvalue weighted by molar-refractivity contribution is -0.142. The molecule has 0 fully saturated rings. The first-order valence-corrected chi connectivity index (χ1v) is 12.3. The number of carbonyl (C=O) groups excluding carboxylic acids is 3. The Labute approximate surface area is 212 Å². The SMILES string of the molecule is CC(C)CC(N)C(=O)NC(CS)C(=O)NC(CCCCN)C(=O)NC(CCCN=C(N)N)C(=O)O. The maximum Gasteiger partial charge on any atom is 0.326 e. The van der Waals surface area contributed by atoms with Gasteiger partial charge in [0.1, 0.15) is 18.1 Å². The summed E-state index contributed by atoms with van der Waals surface area (Å²) in [6.07, 6.45) is 2.21. The van der Waals surface area contributed by atoms with Crippen LogP contribution in [0.3, 0.4) is 0 Å². The van der Waals surface area contributed by atoms with E-state index in [1.54, 1.807) is 0 Å². The number of carboxylic acids is 1. The number of thiol groups is 1. The van der Waals surface area contributed by atoms with E-state index >= 15 is 0 Å². The van der Waals surface area contributed by atoms with E-state index in [2.05, 4.69) is 33.6 Å². The number of hydrogen-bond donors (Lipinski definition) is 9. The number of nitrogens with two attached hydrogens (primary N) is 4. The molecule has 4 atom stereocenters. The number of nitrogens with one attached hydrogen (secondary N) is 3. The molecule has 0 rings (SSSR count). The van der Waals surface area contributed by atoms with Crippen LogP contribution < -0.4 is 38.9 Å². The largest absolute Gasteiger partial charge is 0.480 e. The molecule has 12 N–H and O–H groups in total. The highest BCUT2D eigenvalue weighted by molar-refractivity contribution is 7.80. The second kappa shape index (κ2) is 17.8. The molecular formula is C21H42N8O5S. The number of aliphatic carboxylic acids is 1. The van der Waals surface area contributed by atoms with Crippen molar-refractivity contribution in [1.29, 1.82) is 0 Å². The monoisotopic (exact) mass is 518 g/mol. The highest BCUT2D eigenvalue weighted by Gasteiger charge is 2.29. The Bertz CT molecular complexity index is 718. The van der Waals surface area contributed by atoms with Crippen LogP contribution in [0.4, 0.5) is 0 Å². The lowest BCUT2D eigenvalue weighted by atomic mass is 10.0. The van der Waals surface area contributed by atoms with Crippen LogP contribution in [-0.4, -0.2) is 77.8 Å². The lowest BCUT2D eigenvalue weighted by Gasteiger charge is -2.25. The van der Waals surface area contributed by atoms with Crippen molar-refractivity contribution in [2.24, 2.45) is 33.8 Å². The Kier molecular flexibility index (Phi) is 16.5. The Morgan fingerprint density at radius 3 is 1.94 bits per heavy atom. The molecule has 3 amide bonds. The van der Waals surface area contributed by atoms with Crippen LogP contribution in [0.2, 0.25) is 0 Å². The van der Waals surface area contributed by atoms with E-state index < -0.39 is 47.9 Å². The lowest BCUT2D eigenvalue weighted by Crippen LogP contribution is -2.57. The van der Waals surface area contributed by atoms with Gasteiger partial charge in [-0.15, -0.1) is 0 Å². The van der Waals surface area contributed by atoms with E-state index in [1.165, 1.54) is 0 Å². The van der Waals surface area contributed by atoms with Crippen molar-refractivity contribution in [1.82, 2.24) is 16.0 Å². The Morgan fingerprint density at radius 1 is 0.886 bits per heavy atom. The first-order valence-electron chi connectivity index (χ1n) is 11.7. The quantitative estimate of drug-likeness (QED) is 0.0421.